The minimum atomic E-state index is -2.39. The van der Waals surface area contributed by atoms with E-state index in [1.54, 1.807) is 20.8 Å². The fourth-order valence-electron chi connectivity index (χ4n) is 3.02. The molecule has 7 heteroatoms. The van der Waals surface area contributed by atoms with Gasteiger partial charge in [-0.15, -0.1) is 0 Å². The molecule has 2 atom stereocenters. The summed E-state index contributed by atoms with van der Waals surface area (Å²) < 4.78 is 11.9. The van der Waals surface area contributed by atoms with Crippen LogP contribution in [0.25, 0.3) is 11.1 Å². The summed E-state index contributed by atoms with van der Waals surface area (Å²) in [5.41, 5.74) is 2.01. The summed E-state index contributed by atoms with van der Waals surface area (Å²) in [6, 6.07) is 16.2. The second-order valence-electron chi connectivity index (χ2n) is 10.7. The quantitative estimate of drug-likeness (QED) is 0.457. The van der Waals surface area contributed by atoms with Gasteiger partial charge in [0, 0.05) is 0 Å². The van der Waals surface area contributed by atoms with Crippen molar-refractivity contribution in [2.24, 2.45) is 0 Å². The van der Waals surface area contributed by atoms with E-state index in [1.807, 2.05) is 54.6 Å². The normalized spacial score (nSPS) is 14.3. The predicted octanol–water partition coefficient (Wildman–Crippen LogP) is 6.39. The van der Waals surface area contributed by atoms with Crippen LogP contribution in [0.3, 0.4) is 0 Å². The molecule has 0 saturated carbocycles. The van der Waals surface area contributed by atoms with Gasteiger partial charge in [-0.3, -0.25) is 0 Å². The maximum Gasteiger partial charge on any atom is 0.408 e. The van der Waals surface area contributed by atoms with Gasteiger partial charge in [-0.2, -0.15) is 0 Å². The summed E-state index contributed by atoms with van der Waals surface area (Å²) in [4.78, 5) is 24.8. The smallest absolute Gasteiger partial charge is 0.408 e. The van der Waals surface area contributed by atoms with Gasteiger partial charge in [0.2, 0.25) is 0 Å². The fraction of sp³-hybridized carbons (Fsp3) is 0.462. The average molecular weight is 472 g/mol. The highest BCUT2D eigenvalue weighted by Crippen LogP contribution is 2.41. The van der Waals surface area contributed by atoms with Crippen LogP contribution in [0.1, 0.15) is 53.2 Å². The molecular formula is C26H37NO5Si. The standard InChI is InChI=1S/C26H37NO5Si/c1-25(2,3)31-24(30)27-21(23(28)29)22(32-33(7,8)26(4,5)6)20-16-14-19(15-17-20)18-12-10-9-11-13-18/h9-17,21-22H,1-8H3,(H,27,30)(H,28,29)/t21-,22+/m1/s1. The predicted molar refractivity (Wildman–Crippen MR) is 134 cm³/mol. The Kier molecular flexibility index (Phi) is 8.14. The maximum absolute atomic E-state index is 12.5. The van der Waals surface area contributed by atoms with Gasteiger partial charge in [0.25, 0.3) is 0 Å². The molecule has 0 spiro atoms. The van der Waals surface area contributed by atoms with Gasteiger partial charge in [-0.05, 0) is 55.6 Å². The number of alkyl carbamates (subject to hydrolysis) is 1. The molecule has 0 bridgehead atoms. The molecule has 2 aromatic rings. The molecule has 0 unspecified atom stereocenters. The third-order valence-electron chi connectivity index (χ3n) is 5.82. The van der Waals surface area contributed by atoms with Crippen LogP contribution in [0.5, 0.6) is 0 Å². The largest absolute Gasteiger partial charge is 0.480 e. The van der Waals surface area contributed by atoms with Crippen LogP contribution >= 0.6 is 0 Å². The fourth-order valence-corrected chi connectivity index (χ4v) is 4.28. The van der Waals surface area contributed by atoms with Crippen molar-refractivity contribution in [2.45, 2.75) is 77.4 Å². The molecule has 0 aliphatic carbocycles. The van der Waals surface area contributed by atoms with Crippen molar-refractivity contribution in [3.8, 4) is 11.1 Å². The van der Waals surface area contributed by atoms with Crippen LogP contribution < -0.4 is 5.32 Å². The van der Waals surface area contributed by atoms with Gasteiger partial charge >= 0.3 is 12.1 Å². The molecule has 2 aromatic carbocycles. The summed E-state index contributed by atoms with van der Waals surface area (Å²) in [7, 11) is -2.39. The molecule has 2 N–H and O–H groups in total. The van der Waals surface area contributed by atoms with E-state index >= 15 is 0 Å². The van der Waals surface area contributed by atoms with Crippen molar-refractivity contribution in [1.29, 1.82) is 0 Å². The summed E-state index contributed by atoms with van der Waals surface area (Å²) in [5, 5.41) is 12.4. The van der Waals surface area contributed by atoms with E-state index in [9.17, 15) is 14.7 Å². The minimum absolute atomic E-state index is 0.149. The summed E-state index contributed by atoms with van der Waals surface area (Å²) in [5.74, 6) is -1.18. The van der Waals surface area contributed by atoms with Gasteiger partial charge in [-0.25, -0.2) is 9.59 Å². The van der Waals surface area contributed by atoms with Crippen molar-refractivity contribution in [3.05, 3.63) is 60.2 Å². The molecular weight excluding hydrogens is 434 g/mol. The number of ether oxygens (including phenoxy) is 1. The third kappa shape index (κ3) is 7.44. The molecule has 2 rings (SSSR count). The Hall–Kier alpha value is -2.64. The first-order valence-electron chi connectivity index (χ1n) is 11.2. The lowest BCUT2D eigenvalue weighted by atomic mass is 9.98. The van der Waals surface area contributed by atoms with Crippen LogP contribution in [0.2, 0.25) is 18.1 Å². The van der Waals surface area contributed by atoms with Gasteiger partial charge in [-0.1, -0.05) is 75.4 Å². The number of hydrogen-bond donors (Lipinski definition) is 2. The van der Waals surface area contributed by atoms with Crippen molar-refractivity contribution < 1.29 is 23.9 Å². The van der Waals surface area contributed by atoms with Crippen LogP contribution in [0, 0.1) is 0 Å². The molecule has 0 saturated heterocycles. The van der Waals surface area contributed by atoms with E-state index < -0.39 is 38.1 Å². The molecule has 180 valence electrons. The Bertz CT molecular complexity index is 943. The van der Waals surface area contributed by atoms with Gasteiger partial charge < -0.3 is 19.6 Å². The number of hydrogen-bond acceptors (Lipinski definition) is 4. The Balaban J connectivity index is 2.45. The van der Waals surface area contributed by atoms with E-state index in [2.05, 4.69) is 39.2 Å². The molecule has 0 aromatic heterocycles. The van der Waals surface area contributed by atoms with Crippen molar-refractivity contribution in [1.82, 2.24) is 5.32 Å². The highest BCUT2D eigenvalue weighted by Gasteiger charge is 2.43. The molecule has 0 heterocycles. The lowest BCUT2D eigenvalue weighted by Crippen LogP contribution is -2.51. The Morgan fingerprint density at radius 3 is 1.85 bits per heavy atom. The van der Waals surface area contributed by atoms with E-state index in [0.717, 1.165) is 11.1 Å². The maximum atomic E-state index is 12.5. The first-order valence-corrected chi connectivity index (χ1v) is 14.1. The summed E-state index contributed by atoms with van der Waals surface area (Å²) in [6.07, 6.45) is -1.67. The number of rotatable bonds is 7. The zero-order valence-electron chi connectivity index (χ0n) is 20.9. The van der Waals surface area contributed by atoms with E-state index in [1.165, 1.54) is 0 Å². The Morgan fingerprint density at radius 2 is 1.39 bits per heavy atom. The van der Waals surface area contributed by atoms with Crippen molar-refractivity contribution >= 4 is 20.4 Å². The molecule has 0 aliphatic heterocycles. The lowest BCUT2D eigenvalue weighted by molar-refractivity contribution is -0.142. The SMILES string of the molecule is CC(C)(C)OC(=O)N[C@@H](C(=O)O)[C@@H](O[Si](C)(C)C(C)(C)C)c1ccc(-c2ccccc2)cc1. The second-order valence-corrected chi connectivity index (χ2v) is 15.5. The third-order valence-corrected chi connectivity index (χ3v) is 10.3. The monoisotopic (exact) mass is 471 g/mol. The number of amides is 1. The highest BCUT2D eigenvalue weighted by molar-refractivity contribution is 6.74. The van der Waals surface area contributed by atoms with Crippen LogP contribution in [0.15, 0.2) is 54.6 Å². The number of carboxylic acid groups (broad SMARTS) is 1. The first-order chi connectivity index (χ1) is 15.1. The van der Waals surface area contributed by atoms with E-state index in [0.29, 0.717) is 5.56 Å². The van der Waals surface area contributed by atoms with E-state index in [4.69, 9.17) is 9.16 Å². The topological polar surface area (TPSA) is 84.9 Å². The molecule has 6 nitrogen and oxygen atoms in total. The number of nitrogens with one attached hydrogen (secondary N) is 1. The van der Waals surface area contributed by atoms with Gasteiger partial charge in [0.1, 0.15) is 11.7 Å². The second kappa shape index (κ2) is 10.1. The number of carbonyl (C=O) groups excluding carboxylic acids is 1. The summed E-state index contributed by atoms with van der Waals surface area (Å²) >= 11 is 0. The average Bonchev–Trinajstić information content (AvgIpc) is 2.69. The highest BCUT2D eigenvalue weighted by atomic mass is 28.4. The zero-order valence-corrected chi connectivity index (χ0v) is 21.9. The number of carbonyl (C=O) groups is 2. The van der Waals surface area contributed by atoms with Crippen LogP contribution in [-0.4, -0.2) is 37.1 Å². The molecule has 0 radical (unpaired) electrons. The summed E-state index contributed by atoms with van der Waals surface area (Å²) in [6.45, 7) is 15.6. The lowest BCUT2D eigenvalue weighted by Gasteiger charge is -2.41. The van der Waals surface area contributed by atoms with Gasteiger partial charge in [0.05, 0.1) is 0 Å². The zero-order chi connectivity index (χ0) is 25.0. The minimum Gasteiger partial charge on any atom is -0.480 e. The number of benzene rings is 2. The van der Waals surface area contributed by atoms with Gasteiger partial charge in [0.15, 0.2) is 14.4 Å². The molecule has 0 aliphatic rings. The number of aliphatic carboxylic acids is 1. The van der Waals surface area contributed by atoms with Crippen LogP contribution in [0.4, 0.5) is 4.79 Å². The Morgan fingerprint density at radius 1 is 0.879 bits per heavy atom. The van der Waals surface area contributed by atoms with Crippen molar-refractivity contribution in [3.63, 3.8) is 0 Å². The number of carboxylic acids is 1. The molecule has 1 amide bonds. The molecule has 33 heavy (non-hydrogen) atoms. The molecule has 0 fully saturated rings. The Labute approximate surface area is 198 Å². The first kappa shape index (κ1) is 26.6. The van der Waals surface area contributed by atoms with Crippen LogP contribution in [-0.2, 0) is 14.0 Å². The van der Waals surface area contributed by atoms with E-state index in [-0.39, 0.29) is 5.04 Å². The van der Waals surface area contributed by atoms with Crippen molar-refractivity contribution in [2.75, 3.05) is 0 Å².